The van der Waals surface area contributed by atoms with E-state index < -0.39 is 5.54 Å². The third-order valence-electron chi connectivity index (χ3n) is 4.47. The minimum absolute atomic E-state index is 0.393. The first-order valence-corrected chi connectivity index (χ1v) is 7.35. The summed E-state index contributed by atoms with van der Waals surface area (Å²) in [5, 5.41) is 12.7. The smallest absolute Gasteiger partial charge is 0.116 e. The Morgan fingerprint density at radius 1 is 1.33 bits per heavy atom. The van der Waals surface area contributed by atoms with Crippen molar-refractivity contribution in [3.05, 3.63) is 0 Å². The second-order valence-corrected chi connectivity index (χ2v) is 6.31. The predicted octanol–water partition coefficient (Wildman–Crippen LogP) is 2.78. The highest BCUT2D eigenvalue weighted by atomic mass is 15.2. The average molecular weight is 251 g/mol. The molecule has 1 rings (SSSR count). The molecule has 1 atom stereocenters. The van der Waals surface area contributed by atoms with E-state index in [9.17, 15) is 5.26 Å². The molecule has 1 unspecified atom stereocenters. The maximum absolute atomic E-state index is 9.35. The molecule has 3 heteroatoms. The van der Waals surface area contributed by atoms with Crippen LogP contribution < -0.4 is 5.32 Å². The molecule has 1 heterocycles. The summed E-state index contributed by atoms with van der Waals surface area (Å²) >= 11 is 0. The molecule has 1 aliphatic rings. The Morgan fingerprint density at radius 2 is 1.94 bits per heavy atom. The topological polar surface area (TPSA) is 39.1 Å². The maximum atomic E-state index is 9.35. The molecular weight excluding hydrogens is 222 g/mol. The number of likely N-dealkylation sites (tertiary alicyclic amines) is 1. The van der Waals surface area contributed by atoms with Crippen LogP contribution in [-0.4, -0.2) is 36.6 Å². The number of rotatable bonds is 6. The largest absolute Gasteiger partial charge is 0.300 e. The average Bonchev–Trinajstić information content (AvgIpc) is 2.39. The second-order valence-electron chi connectivity index (χ2n) is 6.31. The first-order valence-electron chi connectivity index (χ1n) is 7.35. The number of nitrogens with zero attached hydrogens (tertiary/aromatic N) is 2. The molecule has 3 nitrogen and oxygen atoms in total. The summed E-state index contributed by atoms with van der Waals surface area (Å²) in [6.45, 7) is 12.9. The van der Waals surface area contributed by atoms with Gasteiger partial charge in [0, 0.05) is 6.54 Å². The third-order valence-corrected chi connectivity index (χ3v) is 4.47. The fourth-order valence-corrected chi connectivity index (χ4v) is 2.58. The molecule has 0 aromatic rings. The van der Waals surface area contributed by atoms with E-state index in [1.807, 2.05) is 6.92 Å². The van der Waals surface area contributed by atoms with Crippen molar-refractivity contribution in [3.8, 4) is 6.07 Å². The number of nitriles is 1. The monoisotopic (exact) mass is 251 g/mol. The summed E-state index contributed by atoms with van der Waals surface area (Å²) in [4.78, 5) is 2.45. The van der Waals surface area contributed by atoms with Gasteiger partial charge in [0.1, 0.15) is 5.54 Å². The number of hydrogen-bond acceptors (Lipinski definition) is 3. The molecular formula is C15H29N3. The quantitative estimate of drug-likeness (QED) is 0.789. The highest BCUT2D eigenvalue weighted by Crippen LogP contribution is 2.34. The van der Waals surface area contributed by atoms with Gasteiger partial charge in [-0.25, -0.2) is 0 Å². The van der Waals surface area contributed by atoms with E-state index >= 15 is 0 Å². The van der Waals surface area contributed by atoms with Crippen molar-refractivity contribution in [3.63, 3.8) is 0 Å². The van der Waals surface area contributed by atoms with Crippen LogP contribution in [0.25, 0.3) is 0 Å². The van der Waals surface area contributed by atoms with Crippen LogP contribution in [0.15, 0.2) is 0 Å². The Hall–Kier alpha value is -0.590. The van der Waals surface area contributed by atoms with Gasteiger partial charge >= 0.3 is 0 Å². The molecule has 18 heavy (non-hydrogen) atoms. The molecule has 0 spiro atoms. The van der Waals surface area contributed by atoms with Gasteiger partial charge in [-0.2, -0.15) is 5.26 Å². The molecule has 0 saturated carbocycles. The van der Waals surface area contributed by atoms with Gasteiger partial charge in [0.15, 0.2) is 0 Å². The predicted molar refractivity (Wildman–Crippen MR) is 76.4 cm³/mol. The van der Waals surface area contributed by atoms with E-state index in [0.717, 1.165) is 32.6 Å². The summed E-state index contributed by atoms with van der Waals surface area (Å²) in [5.41, 5.74) is 0.131. The van der Waals surface area contributed by atoms with Gasteiger partial charge in [-0.05, 0) is 51.2 Å². The Labute approximate surface area is 113 Å². The summed E-state index contributed by atoms with van der Waals surface area (Å²) in [6.07, 6.45) is 4.87. The van der Waals surface area contributed by atoms with Crippen LogP contribution in [0.2, 0.25) is 0 Å². The SMILES string of the molecule is CCCNC(C)(C#N)CN1CCC(C)(CC)CC1. The van der Waals surface area contributed by atoms with Crippen molar-refractivity contribution in [2.24, 2.45) is 5.41 Å². The zero-order chi connectivity index (χ0) is 13.6. The Balaban J connectivity index is 2.46. The van der Waals surface area contributed by atoms with Crippen molar-refractivity contribution in [1.82, 2.24) is 10.2 Å². The molecule has 0 radical (unpaired) electrons. The van der Waals surface area contributed by atoms with Crippen molar-refractivity contribution < 1.29 is 0 Å². The fourth-order valence-electron chi connectivity index (χ4n) is 2.58. The number of nitrogens with one attached hydrogen (secondary N) is 1. The lowest BCUT2D eigenvalue weighted by Gasteiger charge is -2.41. The molecule has 0 aliphatic carbocycles. The highest BCUT2D eigenvalue weighted by Gasteiger charge is 2.32. The van der Waals surface area contributed by atoms with E-state index in [0.29, 0.717) is 5.41 Å². The van der Waals surface area contributed by atoms with Crippen molar-refractivity contribution in [2.75, 3.05) is 26.2 Å². The van der Waals surface area contributed by atoms with Gasteiger partial charge in [-0.3, -0.25) is 5.32 Å². The van der Waals surface area contributed by atoms with Gasteiger partial charge < -0.3 is 4.90 Å². The summed E-state index contributed by atoms with van der Waals surface area (Å²) in [7, 11) is 0. The molecule has 1 N–H and O–H groups in total. The van der Waals surface area contributed by atoms with Crippen LogP contribution in [0.4, 0.5) is 0 Å². The zero-order valence-corrected chi connectivity index (χ0v) is 12.6. The first kappa shape index (κ1) is 15.5. The summed E-state index contributed by atoms with van der Waals surface area (Å²) in [5.74, 6) is 0. The van der Waals surface area contributed by atoms with Gasteiger partial charge in [0.05, 0.1) is 6.07 Å². The van der Waals surface area contributed by atoms with E-state index in [1.165, 1.54) is 19.3 Å². The number of hydrogen-bond donors (Lipinski definition) is 1. The van der Waals surface area contributed by atoms with Crippen molar-refractivity contribution in [2.45, 2.75) is 58.9 Å². The Bertz CT molecular complexity index is 287. The Kier molecular flexibility index (Phi) is 5.62. The minimum atomic E-state index is -0.393. The lowest BCUT2D eigenvalue weighted by atomic mass is 9.78. The molecule has 1 saturated heterocycles. The van der Waals surface area contributed by atoms with Crippen molar-refractivity contribution >= 4 is 0 Å². The summed E-state index contributed by atoms with van der Waals surface area (Å²) in [6, 6.07) is 2.44. The summed E-state index contributed by atoms with van der Waals surface area (Å²) < 4.78 is 0. The third kappa shape index (κ3) is 4.26. The highest BCUT2D eigenvalue weighted by molar-refractivity contribution is 5.06. The standard InChI is InChI=1S/C15H29N3/c1-5-9-17-15(4,12-16)13-18-10-7-14(3,6-2)8-11-18/h17H,5-11,13H2,1-4H3. The van der Waals surface area contributed by atoms with E-state index in [-0.39, 0.29) is 0 Å². The van der Waals surface area contributed by atoms with Crippen LogP contribution in [0.3, 0.4) is 0 Å². The molecule has 0 amide bonds. The van der Waals surface area contributed by atoms with Crippen LogP contribution in [0, 0.1) is 16.7 Å². The minimum Gasteiger partial charge on any atom is -0.300 e. The zero-order valence-electron chi connectivity index (χ0n) is 12.6. The van der Waals surface area contributed by atoms with Gasteiger partial charge in [-0.15, -0.1) is 0 Å². The van der Waals surface area contributed by atoms with Gasteiger partial charge in [0.2, 0.25) is 0 Å². The van der Waals surface area contributed by atoms with Crippen molar-refractivity contribution in [1.29, 1.82) is 5.26 Å². The molecule has 0 bridgehead atoms. The lowest BCUT2D eigenvalue weighted by Crippen LogP contribution is -2.53. The molecule has 1 fully saturated rings. The van der Waals surface area contributed by atoms with Crippen LogP contribution in [0.1, 0.15) is 53.4 Å². The van der Waals surface area contributed by atoms with Crippen LogP contribution in [0.5, 0.6) is 0 Å². The van der Waals surface area contributed by atoms with Gasteiger partial charge in [-0.1, -0.05) is 27.2 Å². The first-order chi connectivity index (χ1) is 8.47. The fraction of sp³-hybridized carbons (Fsp3) is 0.933. The molecule has 0 aromatic carbocycles. The maximum Gasteiger partial charge on any atom is 0.116 e. The molecule has 1 aliphatic heterocycles. The number of piperidine rings is 1. The van der Waals surface area contributed by atoms with E-state index in [1.54, 1.807) is 0 Å². The van der Waals surface area contributed by atoms with E-state index in [4.69, 9.17) is 0 Å². The van der Waals surface area contributed by atoms with E-state index in [2.05, 4.69) is 37.1 Å². The molecule has 0 aromatic heterocycles. The second kappa shape index (κ2) is 6.54. The van der Waals surface area contributed by atoms with Crippen LogP contribution >= 0.6 is 0 Å². The van der Waals surface area contributed by atoms with Crippen LogP contribution in [-0.2, 0) is 0 Å². The lowest BCUT2D eigenvalue weighted by molar-refractivity contribution is 0.0993. The van der Waals surface area contributed by atoms with Gasteiger partial charge in [0.25, 0.3) is 0 Å². The normalized spacial score (nSPS) is 23.3. The molecule has 104 valence electrons. The Morgan fingerprint density at radius 3 is 2.39 bits per heavy atom.